The molecular weight excluding hydrogens is 190 g/mol. The third kappa shape index (κ3) is 1.92. The second-order valence-electron chi connectivity index (χ2n) is 3.03. The van der Waals surface area contributed by atoms with Crippen LogP contribution in [0.25, 0.3) is 0 Å². The second-order valence-corrected chi connectivity index (χ2v) is 3.03. The topological polar surface area (TPSA) is 114 Å². The highest BCUT2D eigenvalue weighted by molar-refractivity contribution is 5.12. The molecule has 4 atom stereocenters. The number of rotatable bonds is 1. The van der Waals surface area contributed by atoms with E-state index in [0.29, 0.717) is 0 Å². The first-order valence-electron chi connectivity index (χ1n) is 3.99. The van der Waals surface area contributed by atoms with Gasteiger partial charge in [-0.2, -0.15) is 5.26 Å². The summed E-state index contributed by atoms with van der Waals surface area (Å²) in [4.78, 5) is 0. The molecule has 6 heteroatoms. The molecule has 4 N–H and O–H groups in total. The molecule has 0 aromatic carbocycles. The highest BCUT2D eigenvalue weighted by atomic mass is 16.6. The van der Waals surface area contributed by atoms with Crippen molar-refractivity contribution in [2.24, 2.45) is 0 Å². The molecule has 14 heavy (non-hydrogen) atoms. The van der Waals surface area contributed by atoms with E-state index in [2.05, 4.69) is 0 Å². The van der Waals surface area contributed by atoms with Crippen molar-refractivity contribution in [3.05, 3.63) is 12.2 Å². The average molecular weight is 201 g/mol. The van der Waals surface area contributed by atoms with Crippen LogP contribution in [0.3, 0.4) is 0 Å². The summed E-state index contributed by atoms with van der Waals surface area (Å²) >= 11 is 0. The van der Waals surface area contributed by atoms with Gasteiger partial charge in [0.05, 0.1) is 12.7 Å². The number of hydrogen-bond acceptors (Lipinski definition) is 6. The second kappa shape index (κ2) is 4.04. The van der Waals surface area contributed by atoms with Gasteiger partial charge in [0.1, 0.15) is 18.3 Å². The molecule has 1 rings (SSSR count). The molecule has 0 aromatic heterocycles. The maximum Gasteiger partial charge on any atom is 0.215 e. The third-order valence-corrected chi connectivity index (χ3v) is 2.02. The molecule has 0 saturated carbocycles. The predicted octanol–water partition coefficient (Wildman–Crippen LogP) is -2.13. The van der Waals surface area contributed by atoms with Crippen LogP contribution in [0.2, 0.25) is 0 Å². The maximum absolute atomic E-state index is 9.58. The molecule has 1 saturated heterocycles. The fourth-order valence-electron chi connectivity index (χ4n) is 1.16. The predicted molar refractivity (Wildman–Crippen MR) is 43.7 cm³/mol. The molecular formula is C8H11NO5. The molecule has 78 valence electrons. The van der Waals surface area contributed by atoms with Crippen molar-refractivity contribution >= 4 is 0 Å². The van der Waals surface area contributed by atoms with Gasteiger partial charge in [-0.25, -0.2) is 0 Å². The van der Waals surface area contributed by atoms with Gasteiger partial charge < -0.3 is 25.2 Å². The molecule has 1 aliphatic heterocycles. The SMILES string of the molecule is N#C/C=C/[C@@]1(O)OC[C@H](O)[C@@H](O)[C@@H]1O. The molecule has 0 aromatic rings. The first kappa shape index (κ1) is 11.1. The zero-order valence-corrected chi connectivity index (χ0v) is 7.24. The Labute approximate surface area is 80.3 Å². The van der Waals surface area contributed by atoms with Gasteiger partial charge in [-0.15, -0.1) is 0 Å². The van der Waals surface area contributed by atoms with E-state index in [1.165, 1.54) is 0 Å². The van der Waals surface area contributed by atoms with Gasteiger partial charge in [-0.05, 0) is 6.08 Å². The lowest BCUT2D eigenvalue weighted by molar-refractivity contribution is -0.296. The first-order valence-corrected chi connectivity index (χ1v) is 3.99. The number of aliphatic hydroxyl groups is 4. The van der Waals surface area contributed by atoms with E-state index in [1.54, 1.807) is 6.07 Å². The van der Waals surface area contributed by atoms with Crippen LogP contribution in [0.5, 0.6) is 0 Å². The lowest BCUT2D eigenvalue weighted by Crippen LogP contribution is -2.59. The summed E-state index contributed by atoms with van der Waals surface area (Å²) in [7, 11) is 0. The van der Waals surface area contributed by atoms with Crippen LogP contribution in [0.15, 0.2) is 12.2 Å². The summed E-state index contributed by atoms with van der Waals surface area (Å²) in [6.07, 6.45) is -2.59. The Kier molecular flexibility index (Phi) is 3.21. The van der Waals surface area contributed by atoms with Crippen LogP contribution in [0.1, 0.15) is 0 Å². The summed E-state index contributed by atoms with van der Waals surface area (Å²) in [5, 5.41) is 45.4. The summed E-state index contributed by atoms with van der Waals surface area (Å²) in [5.41, 5.74) is 0. The third-order valence-electron chi connectivity index (χ3n) is 2.02. The number of aliphatic hydroxyl groups excluding tert-OH is 3. The molecule has 1 heterocycles. The lowest BCUT2D eigenvalue weighted by atomic mass is 9.96. The highest BCUT2D eigenvalue weighted by Crippen LogP contribution is 2.24. The smallest absolute Gasteiger partial charge is 0.215 e. The van der Waals surface area contributed by atoms with Gasteiger partial charge in [0, 0.05) is 6.08 Å². The van der Waals surface area contributed by atoms with Crippen molar-refractivity contribution < 1.29 is 25.2 Å². The molecule has 0 radical (unpaired) electrons. The van der Waals surface area contributed by atoms with E-state index in [4.69, 9.17) is 15.1 Å². The van der Waals surface area contributed by atoms with Crippen LogP contribution in [0.4, 0.5) is 0 Å². The van der Waals surface area contributed by atoms with E-state index in [-0.39, 0.29) is 6.61 Å². The minimum Gasteiger partial charge on any atom is -0.388 e. The normalized spacial score (nSPS) is 43.8. The van der Waals surface area contributed by atoms with Crippen molar-refractivity contribution in [2.45, 2.75) is 24.1 Å². The van der Waals surface area contributed by atoms with E-state index in [0.717, 1.165) is 12.2 Å². The minimum absolute atomic E-state index is 0.315. The maximum atomic E-state index is 9.58. The van der Waals surface area contributed by atoms with Crippen molar-refractivity contribution in [2.75, 3.05) is 6.61 Å². The molecule has 1 fully saturated rings. The Balaban J connectivity index is 2.81. The van der Waals surface area contributed by atoms with Gasteiger partial charge in [0.2, 0.25) is 5.79 Å². The fraction of sp³-hybridized carbons (Fsp3) is 0.625. The lowest BCUT2D eigenvalue weighted by Gasteiger charge is -2.39. The van der Waals surface area contributed by atoms with E-state index in [1.807, 2.05) is 0 Å². The Hall–Kier alpha value is -0.970. The Morgan fingerprint density at radius 2 is 2.07 bits per heavy atom. The Bertz CT molecular complexity index is 273. The van der Waals surface area contributed by atoms with Crippen LogP contribution >= 0.6 is 0 Å². The van der Waals surface area contributed by atoms with E-state index >= 15 is 0 Å². The van der Waals surface area contributed by atoms with Crippen LogP contribution in [0, 0.1) is 11.3 Å². The number of nitriles is 1. The van der Waals surface area contributed by atoms with Crippen molar-refractivity contribution in [1.82, 2.24) is 0 Å². The zero-order chi connectivity index (χ0) is 10.8. The van der Waals surface area contributed by atoms with Crippen LogP contribution in [-0.4, -0.2) is 51.1 Å². The quantitative estimate of drug-likeness (QED) is 0.360. The molecule has 0 aliphatic carbocycles. The molecule has 0 unspecified atom stereocenters. The number of hydrogen-bond donors (Lipinski definition) is 4. The van der Waals surface area contributed by atoms with Crippen LogP contribution in [-0.2, 0) is 4.74 Å². The number of ether oxygens (including phenoxy) is 1. The van der Waals surface area contributed by atoms with Crippen molar-refractivity contribution in [3.63, 3.8) is 0 Å². The summed E-state index contributed by atoms with van der Waals surface area (Å²) < 4.78 is 4.72. The molecule has 0 bridgehead atoms. The van der Waals surface area contributed by atoms with Gasteiger partial charge in [0.25, 0.3) is 0 Å². The summed E-state index contributed by atoms with van der Waals surface area (Å²) in [5.74, 6) is -2.12. The van der Waals surface area contributed by atoms with E-state index < -0.39 is 24.1 Å². The summed E-state index contributed by atoms with van der Waals surface area (Å²) in [6.45, 7) is -0.315. The Morgan fingerprint density at radius 1 is 1.43 bits per heavy atom. The summed E-state index contributed by atoms with van der Waals surface area (Å²) in [6, 6.07) is 1.61. The monoisotopic (exact) mass is 201 g/mol. The van der Waals surface area contributed by atoms with Gasteiger partial charge >= 0.3 is 0 Å². The first-order chi connectivity index (χ1) is 6.51. The average Bonchev–Trinajstić information content (AvgIpc) is 2.19. The standard InChI is InChI=1S/C8H11NO5/c9-3-1-2-8(13)7(12)6(11)5(10)4-14-8/h1-2,5-7,10-13H,4H2/b2-1+/t5-,6+,7-,8+/m0/s1. The molecule has 0 amide bonds. The zero-order valence-electron chi connectivity index (χ0n) is 7.24. The van der Waals surface area contributed by atoms with Gasteiger partial charge in [0.15, 0.2) is 0 Å². The van der Waals surface area contributed by atoms with Crippen molar-refractivity contribution in [3.8, 4) is 6.07 Å². The fourth-order valence-corrected chi connectivity index (χ4v) is 1.16. The van der Waals surface area contributed by atoms with E-state index in [9.17, 15) is 15.3 Å². The molecule has 6 nitrogen and oxygen atoms in total. The van der Waals surface area contributed by atoms with Gasteiger partial charge in [-0.3, -0.25) is 0 Å². The Morgan fingerprint density at radius 3 is 2.64 bits per heavy atom. The van der Waals surface area contributed by atoms with Gasteiger partial charge in [-0.1, -0.05) is 0 Å². The van der Waals surface area contributed by atoms with Crippen LogP contribution < -0.4 is 0 Å². The number of allylic oxidation sites excluding steroid dienone is 1. The van der Waals surface area contributed by atoms with Crippen molar-refractivity contribution in [1.29, 1.82) is 5.26 Å². The largest absolute Gasteiger partial charge is 0.388 e. The molecule has 1 aliphatic rings. The minimum atomic E-state index is -2.12. The number of nitrogens with zero attached hydrogens (tertiary/aromatic N) is 1. The molecule has 0 spiro atoms. The highest BCUT2D eigenvalue weighted by Gasteiger charge is 2.46.